The lowest BCUT2D eigenvalue weighted by atomic mass is 10.2. The van der Waals surface area contributed by atoms with Gasteiger partial charge in [-0.3, -0.25) is 0 Å². The number of halogens is 1. The standard InChI is InChI=1S/C11H11BrN4O2/c1-17-9-4-3-8(10(12)11(9)18-2)5-15-16-6-13-14-7-16/h3-7H,1-2H3/b15-5-. The molecule has 0 spiro atoms. The van der Waals surface area contributed by atoms with Crippen LogP contribution < -0.4 is 9.47 Å². The molecule has 0 N–H and O–H groups in total. The summed E-state index contributed by atoms with van der Waals surface area (Å²) < 4.78 is 12.8. The molecule has 7 heteroatoms. The summed E-state index contributed by atoms with van der Waals surface area (Å²) in [5.74, 6) is 1.29. The van der Waals surface area contributed by atoms with Crippen LogP contribution in [0.3, 0.4) is 0 Å². The molecular formula is C11H11BrN4O2. The fraction of sp³-hybridized carbons (Fsp3) is 0.182. The number of hydrogen-bond acceptors (Lipinski definition) is 5. The Kier molecular flexibility index (Phi) is 3.93. The Morgan fingerprint density at radius 3 is 2.56 bits per heavy atom. The van der Waals surface area contributed by atoms with Crippen LogP contribution in [0.4, 0.5) is 0 Å². The predicted octanol–water partition coefficient (Wildman–Crippen LogP) is 1.94. The molecule has 0 unspecified atom stereocenters. The molecule has 94 valence electrons. The molecule has 1 aromatic heterocycles. The van der Waals surface area contributed by atoms with Crippen molar-refractivity contribution >= 4 is 22.1 Å². The van der Waals surface area contributed by atoms with Gasteiger partial charge < -0.3 is 9.47 Å². The predicted molar refractivity (Wildman–Crippen MR) is 70.3 cm³/mol. The SMILES string of the molecule is COc1ccc(/C=N\n2cnnc2)c(Br)c1OC. The topological polar surface area (TPSA) is 61.5 Å². The third kappa shape index (κ3) is 2.51. The van der Waals surface area contributed by atoms with E-state index in [1.807, 2.05) is 12.1 Å². The summed E-state index contributed by atoms with van der Waals surface area (Å²) >= 11 is 3.46. The van der Waals surface area contributed by atoms with E-state index in [2.05, 4.69) is 31.2 Å². The van der Waals surface area contributed by atoms with E-state index in [9.17, 15) is 0 Å². The van der Waals surface area contributed by atoms with Crippen molar-refractivity contribution in [2.24, 2.45) is 5.10 Å². The smallest absolute Gasteiger partial charge is 0.175 e. The minimum Gasteiger partial charge on any atom is -0.493 e. The van der Waals surface area contributed by atoms with Gasteiger partial charge in [0.25, 0.3) is 0 Å². The van der Waals surface area contributed by atoms with Crippen LogP contribution in [-0.2, 0) is 0 Å². The minimum atomic E-state index is 0.630. The number of hydrogen-bond donors (Lipinski definition) is 0. The zero-order valence-electron chi connectivity index (χ0n) is 9.87. The van der Waals surface area contributed by atoms with E-state index in [0.29, 0.717) is 11.5 Å². The number of ether oxygens (including phenoxy) is 2. The van der Waals surface area contributed by atoms with Gasteiger partial charge in [0, 0.05) is 5.56 Å². The number of benzene rings is 1. The van der Waals surface area contributed by atoms with Crippen molar-refractivity contribution < 1.29 is 9.47 Å². The number of aromatic nitrogens is 3. The summed E-state index contributed by atoms with van der Waals surface area (Å²) in [6.07, 6.45) is 4.69. The van der Waals surface area contributed by atoms with E-state index in [1.54, 1.807) is 20.4 Å². The molecule has 0 bridgehead atoms. The van der Waals surface area contributed by atoms with Gasteiger partial charge in [0.2, 0.25) is 0 Å². The van der Waals surface area contributed by atoms with Gasteiger partial charge >= 0.3 is 0 Å². The molecule has 0 saturated carbocycles. The highest BCUT2D eigenvalue weighted by Gasteiger charge is 2.11. The van der Waals surface area contributed by atoms with Crippen molar-refractivity contribution in [3.8, 4) is 11.5 Å². The molecule has 0 fully saturated rings. The fourth-order valence-electron chi connectivity index (χ4n) is 1.39. The largest absolute Gasteiger partial charge is 0.493 e. The molecule has 0 aliphatic carbocycles. The Hall–Kier alpha value is -1.89. The van der Waals surface area contributed by atoms with Gasteiger partial charge in [-0.2, -0.15) is 5.10 Å². The molecule has 2 rings (SSSR count). The summed E-state index contributed by atoms with van der Waals surface area (Å²) in [5.41, 5.74) is 0.862. The second-order valence-electron chi connectivity index (χ2n) is 3.29. The first kappa shape index (κ1) is 12.6. The highest BCUT2D eigenvalue weighted by Crippen LogP contribution is 2.36. The van der Waals surface area contributed by atoms with Crippen LogP contribution in [0.5, 0.6) is 11.5 Å². The summed E-state index contributed by atoms with van der Waals surface area (Å²) in [4.78, 5) is 0. The molecule has 0 saturated heterocycles. The third-order valence-corrected chi connectivity index (χ3v) is 3.07. The monoisotopic (exact) mass is 310 g/mol. The molecule has 1 aromatic carbocycles. The Morgan fingerprint density at radius 2 is 1.94 bits per heavy atom. The average molecular weight is 311 g/mol. The Balaban J connectivity index is 2.34. The highest BCUT2D eigenvalue weighted by molar-refractivity contribution is 9.10. The maximum atomic E-state index is 5.28. The normalized spacial score (nSPS) is 10.8. The maximum absolute atomic E-state index is 5.28. The summed E-state index contributed by atoms with van der Waals surface area (Å²) in [6, 6.07) is 3.69. The van der Waals surface area contributed by atoms with E-state index in [1.165, 1.54) is 17.3 Å². The van der Waals surface area contributed by atoms with Crippen LogP contribution in [-0.4, -0.2) is 35.3 Å². The minimum absolute atomic E-state index is 0.630. The molecule has 0 atom stereocenters. The second kappa shape index (κ2) is 5.63. The zero-order chi connectivity index (χ0) is 13.0. The molecule has 0 radical (unpaired) electrons. The Bertz CT molecular complexity index is 554. The summed E-state index contributed by atoms with van der Waals surface area (Å²) in [5, 5.41) is 11.5. The van der Waals surface area contributed by atoms with Crippen LogP contribution in [0.25, 0.3) is 0 Å². The molecule has 1 heterocycles. The van der Waals surface area contributed by atoms with Crippen molar-refractivity contribution in [2.45, 2.75) is 0 Å². The van der Waals surface area contributed by atoms with Crippen LogP contribution in [0.2, 0.25) is 0 Å². The van der Waals surface area contributed by atoms with Gasteiger partial charge in [-0.25, -0.2) is 4.68 Å². The molecule has 0 aliphatic heterocycles. The average Bonchev–Trinajstić information content (AvgIpc) is 2.90. The first-order chi connectivity index (χ1) is 8.76. The molecule has 0 aliphatic rings. The van der Waals surface area contributed by atoms with Gasteiger partial charge in [0.1, 0.15) is 12.7 Å². The molecule has 0 amide bonds. The van der Waals surface area contributed by atoms with Crippen molar-refractivity contribution in [2.75, 3.05) is 14.2 Å². The fourth-order valence-corrected chi connectivity index (χ4v) is 1.98. The third-order valence-electron chi connectivity index (χ3n) is 2.25. The van der Waals surface area contributed by atoms with Crippen molar-refractivity contribution in [1.82, 2.24) is 14.9 Å². The van der Waals surface area contributed by atoms with Crippen LogP contribution in [0.15, 0.2) is 34.4 Å². The number of rotatable bonds is 4. The molecule has 6 nitrogen and oxygen atoms in total. The molecule has 2 aromatic rings. The van der Waals surface area contributed by atoms with Crippen LogP contribution in [0, 0.1) is 0 Å². The van der Waals surface area contributed by atoms with Crippen LogP contribution in [0.1, 0.15) is 5.56 Å². The second-order valence-corrected chi connectivity index (χ2v) is 4.08. The van der Waals surface area contributed by atoms with E-state index in [-0.39, 0.29) is 0 Å². The lowest BCUT2D eigenvalue weighted by Crippen LogP contribution is -1.95. The lowest BCUT2D eigenvalue weighted by Gasteiger charge is -2.10. The van der Waals surface area contributed by atoms with E-state index < -0.39 is 0 Å². The quantitative estimate of drug-likeness (QED) is 0.810. The maximum Gasteiger partial charge on any atom is 0.175 e. The highest BCUT2D eigenvalue weighted by atomic mass is 79.9. The van der Waals surface area contributed by atoms with E-state index >= 15 is 0 Å². The van der Waals surface area contributed by atoms with Crippen molar-refractivity contribution in [3.05, 3.63) is 34.8 Å². The van der Waals surface area contributed by atoms with Gasteiger partial charge in [0.15, 0.2) is 11.5 Å². The van der Waals surface area contributed by atoms with Gasteiger partial charge in [-0.15, -0.1) is 10.2 Å². The van der Waals surface area contributed by atoms with Gasteiger partial charge in [0.05, 0.1) is 24.9 Å². The van der Waals surface area contributed by atoms with Crippen molar-refractivity contribution in [1.29, 1.82) is 0 Å². The number of nitrogens with zero attached hydrogens (tertiary/aromatic N) is 4. The summed E-state index contributed by atoms with van der Waals surface area (Å²) in [6.45, 7) is 0. The molecule has 18 heavy (non-hydrogen) atoms. The molecular weight excluding hydrogens is 300 g/mol. The number of methoxy groups -OCH3 is 2. The Morgan fingerprint density at radius 1 is 1.22 bits per heavy atom. The van der Waals surface area contributed by atoms with E-state index in [4.69, 9.17) is 9.47 Å². The van der Waals surface area contributed by atoms with Crippen LogP contribution >= 0.6 is 15.9 Å². The zero-order valence-corrected chi connectivity index (χ0v) is 11.5. The van der Waals surface area contributed by atoms with Crippen molar-refractivity contribution in [3.63, 3.8) is 0 Å². The Labute approximate surface area is 112 Å². The van der Waals surface area contributed by atoms with Gasteiger partial charge in [-0.1, -0.05) is 0 Å². The first-order valence-electron chi connectivity index (χ1n) is 5.05. The van der Waals surface area contributed by atoms with Gasteiger partial charge in [-0.05, 0) is 28.1 Å². The van der Waals surface area contributed by atoms with E-state index in [0.717, 1.165) is 10.0 Å². The first-order valence-corrected chi connectivity index (χ1v) is 5.85. The summed E-state index contributed by atoms with van der Waals surface area (Å²) in [7, 11) is 3.18. The lowest BCUT2D eigenvalue weighted by molar-refractivity contribution is 0.353.